The molecule has 0 saturated carbocycles. The highest BCUT2D eigenvalue weighted by molar-refractivity contribution is 8.00. The molecule has 1 N–H and O–H groups in total. The SMILES string of the molecule is CC(C)(C)c1cc(C2SCC(=O)N2c2ccc([N+](=O)[O-])cc2)cc(C(C)(C)C)c1O. The summed E-state index contributed by atoms with van der Waals surface area (Å²) >= 11 is 1.52. The Morgan fingerprint density at radius 3 is 1.97 bits per heavy atom. The molecule has 6 nitrogen and oxygen atoms in total. The zero-order valence-corrected chi connectivity index (χ0v) is 19.0. The maximum atomic E-state index is 12.7. The van der Waals surface area contributed by atoms with Gasteiger partial charge in [-0.15, -0.1) is 11.8 Å². The number of aromatic hydroxyl groups is 1. The number of phenolic OH excluding ortho intramolecular Hbond substituents is 1. The largest absolute Gasteiger partial charge is 0.507 e. The molecule has 7 heteroatoms. The molecule has 1 aliphatic heterocycles. The Labute approximate surface area is 181 Å². The van der Waals surface area contributed by atoms with Gasteiger partial charge in [0, 0.05) is 17.8 Å². The van der Waals surface area contributed by atoms with E-state index in [4.69, 9.17) is 0 Å². The highest BCUT2D eigenvalue weighted by atomic mass is 32.2. The molecule has 3 rings (SSSR count). The van der Waals surface area contributed by atoms with E-state index in [1.165, 1.54) is 23.9 Å². The molecule has 1 saturated heterocycles. The number of nitro benzene ring substituents is 1. The van der Waals surface area contributed by atoms with Crippen LogP contribution in [0.2, 0.25) is 0 Å². The van der Waals surface area contributed by atoms with Crippen molar-refractivity contribution in [2.45, 2.75) is 57.7 Å². The first-order chi connectivity index (χ1) is 13.8. The fourth-order valence-corrected chi connectivity index (χ4v) is 4.78. The normalized spacial score (nSPS) is 17.5. The smallest absolute Gasteiger partial charge is 0.269 e. The van der Waals surface area contributed by atoms with Crippen LogP contribution in [0, 0.1) is 10.1 Å². The van der Waals surface area contributed by atoms with Crippen LogP contribution >= 0.6 is 11.8 Å². The van der Waals surface area contributed by atoms with Crippen LogP contribution in [-0.2, 0) is 15.6 Å². The van der Waals surface area contributed by atoms with Gasteiger partial charge in [0.15, 0.2) is 0 Å². The molecule has 1 amide bonds. The number of anilines is 1. The Morgan fingerprint density at radius 2 is 1.53 bits per heavy atom. The summed E-state index contributed by atoms with van der Waals surface area (Å²) in [6.45, 7) is 12.3. The second kappa shape index (κ2) is 7.61. The van der Waals surface area contributed by atoms with Crippen molar-refractivity contribution in [3.8, 4) is 5.75 Å². The number of nitro groups is 1. The number of nitrogens with zero attached hydrogens (tertiary/aromatic N) is 2. The van der Waals surface area contributed by atoms with Crippen LogP contribution in [0.1, 0.15) is 63.6 Å². The van der Waals surface area contributed by atoms with Gasteiger partial charge >= 0.3 is 0 Å². The number of carbonyl (C=O) groups is 1. The van der Waals surface area contributed by atoms with E-state index in [0.717, 1.165) is 16.7 Å². The van der Waals surface area contributed by atoms with Crippen molar-refractivity contribution >= 4 is 29.0 Å². The van der Waals surface area contributed by atoms with Crippen LogP contribution in [-0.4, -0.2) is 21.7 Å². The number of non-ortho nitro benzene ring substituents is 1. The van der Waals surface area contributed by atoms with Gasteiger partial charge in [-0.05, 0) is 51.8 Å². The van der Waals surface area contributed by atoms with Gasteiger partial charge in [0.2, 0.25) is 5.91 Å². The third kappa shape index (κ3) is 4.17. The molecule has 0 aromatic heterocycles. The molecule has 2 aromatic carbocycles. The molecule has 0 aliphatic carbocycles. The van der Waals surface area contributed by atoms with Gasteiger partial charge in [0.05, 0.1) is 10.7 Å². The fourth-order valence-electron chi connectivity index (χ4n) is 3.63. The van der Waals surface area contributed by atoms with Gasteiger partial charge in [0.25, 0.3) is 5.69 Å². The summed E-state index contributed by atoms with van der Waals surface area (Å²) in [5.41, 5.74) is 2.70. The average Bonchev–Trinajstić information content (AvgIpc) is 3.01. The molecule has 30 heavy (non-hydrogen) atoms. The van der Waals surface area contributed by atoms with Crippen molar-refractivity contribution in [3.63, 3.8) is 0 Å². The Morgan fingerprint density at radius 1 is 1.03 bits per heavy atom. The van der Waals surface area contributed by atoms with Crippen LogP contribution in [0.5, 0.6) is 5.75 Å². The molecule has 1 unspecified atom stereocenters. The number of thioether (sulfide) groups is 1. The molecule has 160 valence electrons. The average molecular weight is 429 g/mol. The first-order valence-electron chi connectivity index (χ1n) is 9.86. The van der Waals surface area contributed by atoms with E-state index in [0.29, 0.717) is 17.2 Å². The zero-order valence-electron chi connectivity index (χ0n) is 18.2. The van der Waals surface area contributed by atoms with Crippen molar-refractivity contribution < 1.29 is 14.8 Å². The summed E-state index contributed by atoms with van der Waals surface area (Å²) < 4.78 is 0. The van der Waals surface area contributed by atoms with Gasteiger partial charge < -0.3 is 5.11 Å². The van der Waals surface area contributed by atoms with Crippen LogP contribution in [0.4, 0.5) is 11.4 Å². The van der Waals surface area contributed by atoms with Crippen LogP contribution in [0.25, 0.3) is 0 Å². The van der Waals surface area contributed by atoms with E-state index >= 15 is 0 Å². The van der Waals surface area contributed by atoms with E-state index in [1.807, 2.05) is 12.1 Å². The predicted molar refractivity (Wildman–Crippen MR) is 121 cm³/mol. The topological polar surface area (TPSA) is 83.7 Å². The zero-order chi connectivity index (χ0) is 22.4. The molecule has 0 radical (unpaired) electrons. The van der Waals surface area contributed by atoms with E-state index in [9.17, 15) is 20.0 Å². The Hall–Kier alpha value is -2.54. The predicted octanol–water partition coefficient (Wildman–Crippen LogP) is 5.67. The lowest BCUT2D eigenvalue weighted by atomic mass is 9.78. The summed E-state index contributed by atoms with van der Waals surface area (Å²) in [6.07, 6.45) is 0. The summed E-state index contributed by atoms with van der Waals surface area (Å²) in [5.74, 6) is 0.592. The Kier molecular flexibility index (Phi) is 5.62. The van der Waals surface area contributed by atoms with Crippen LogP contribution in [0.3, 0.4) is 0 Å². The lowest BCUT2D eigenvalue weighted by Crippen LogP contribution is -2.28. The minimum Gasteiger partial charge on any atom is -0.507 e. The molecule has 2 aromatic rings. The monoisotopic (exact) mass is 428 g/mol. The van der Waals surface area contributed by atoms with Crippen molar-refractivity contribution in [2.24, 2.45) is 0 Å². The Bertz CT molecular complexity index is 953. The molecular weight excluding hydrogens is 400 g/mol. The first-order valence-corrected chi connectivity index (χ1v) is 10.9. The number of hydrogen-bond donors (Lipinski definition) is 1. The highest BCUT2D eigenvalue weighted by Gasteiger charge is 2.36. The minimum atomic E-state index is -0.451. The van der Waals surface area contributed by atoms with E-state index in [-0.39, 0.29) is 27.8 Å². The molecule has 1 heterocycles. The third-order valence-corrected chi connectivity index (χ3v) is 6.45. The second-order valence-corrected chi connectivity index (χ2v) is 10.7. The van der Waals surface area contributed by atoms with Gasteiger partial charge in [0.1, 0.15) is 11.1 Å². The van der Waals surface area contributed by atoms with E-state index in [2.05, 4.69) is 41.5 Å². The third-order valence-electron chi connectivity index (χ3n) is 5.24. The maximum absolute atomic E-state index is 12.7. The summed E-state index contributed by atoms with van der Waals surface area (Å²) in [4.78, 5) is 24.9. The standard InChI is InChI=1S/C23H28N2O4S/c1-22(2,3)17-11-14(12-18(20(17)27)23(4,5)6)21-24(19(26)13-30-21)15-7-9-16(10-8-15)25(28)29/h7-12,21,27H,13H2,1-6H3. The van der Waals surface area contributed by atoms with Gasteiger partial charge in [-0.1, -0.05) is 41.5 Å². The first kappa shape index (κ1) is 22.2. The molecule has 1 aliphatic rings. The van der Waals surface area contributed by atoms with Crippen molar-refractivity contribution in [2.75, 3.05) is 10.7 Å². The number of phenols is 1. The summed E-state index contributed by atoms with van der Waals surface area (Å²) in [6, 6.07) is 10.0. The van der Waals surface area contributed by atoms with Crippen molar-refractivity contribution in [1.29, 1.82) is 0 Å². The van der Waals surface area contributed by atoms with Crippen molar-refractivity contribution in [1.82, 2.24) is 0 Å². The van der Waals surface area contributed by atoms with E-state index < -0.39 is 4.92 Å². The number of benzene rings is 2. The molecule has 0 bridgehead atoms. The quantitative estimate of drug-likeness (QED) is 0.503. The number of carbonyl (C=O) groups excluding carboxylic acids is 1. The van der Waals surface area contributed by atoms with E-state index in [1.54, 1.807) is 17.0 Å². The maximum Gasteiger partial charge on any atom is 0.269 e. The molecule has 1 atom stereocenters. The lowest BCUT2D eigenvalue weighted by Gasteiger charge is -2.31. The number of amides is 1. The lowest BCUT2D eigenvalue weighted by molar-refractivity contribution is -0.384. The van der Waals surface area contributed by atoms with Gasteiger partial charge in [-0.25, -0.2) is 0 Å². The van der Waals surface area contributed by atoms with Crippen LogP contribution in [0.15, 0.2) is 36.4 Å². The minimum absolute atomic E-state index is 0.00994. The molecule has 0 spiro atoms. The van der Waals surface area contributed by atoms with Gasteiger partial charge in [-0.3, -0.25) is 19.8 Å². The highest BCUT2D eigenvalue weighted by Crippen LogP contribution is 2.47. The van der Waals surface area contributed by atoms with Gasteiger partial charge in [-0.2, -0.15) is 0 Å². The Balaban J connectivity index is 2.13. The van der Waals surface area contributed by atoms with Crippen molar-refractivity contribution in [3.05, 3.63) is 63.2 Å². The second-order valence-electron chi connectivity index (χ2n) is 9.67. The molecular formula is C23H28N2O4S. The summed E-state index contributed by atoms with van der Waals surface area (Å²) in [5, 5.41) is 21.7. The molecule has 1 fully saturated rings. The number of rotatable bonds is 3. The summed E-state index contributed by atoms with van der Waals surface area (Å²) in [7, 11) is 0. The van der Waals surface area contributed by atoms with Crippen LogP contribution < -0.4 is 4.90 Å². The number of hydrogen-bond acceptors (Lipinski definition) is 5. The fraction of sp³-hybridized carbons (Fsp3) is 0.435.